The topological polar surface area (TPSA) is 68.1 Å². The molecule has 0 aliphatic carbocycles. The van der Waals surface area contributed by atoms with Gasteiger partial charge in [-0.05, 0) is 31.9 Å². The number of rotatable bonds is 8. The monoisotopic (exact) mass is 446 g/mol. The highest BCUT2D eigenvalue weighted by Gasteiger charge is 2.34. The maximum absolute atomic E-state index is 13.2. The minimum Gasteiger partial charge on any atom is -0.328 e. The molecular formula is C25H26N4O2S. The molecule has 1 aromatic heterocycles. The highest BCUT2D eigenvalue weighted by Crippen LogP contribution is 2.34. The summed E-state index contributed by atoms with van der Waals surface area (Å²) < 4.78 is 1.97. The summed E-state index contributed by atoms with van der Waals surface area (Å²) in [5.74, 6) is 1.08. The molecule has 1 aliphatic heterocycles. The standard InChI is InChI=1S/C25H26N4O2S/c1-3-14-29-23(26-27-25(29)32-17-22(30)19-10-5-4-6-11-19)21-13-8-15-28(21)24(31)20-12-7-9-18(2)16-20/h3-7,9-12,16,21H,1,8,13-15,17H2,2H3. The van der Waals surface area contributed by atoms with Crippen LogP contribution in [0.4, 0.5) is 0 Å². The molecule has 32 heavy (non-hydrogen) atoms. The Morgan fingerprint density at radius 1 is 1.12 bits per heavy atom. The number of ketones is 1. The van der Waals surface area contributed by atoms with E-state index in [2.05, 4.69) is 16.8 Å². The third-order valence-electron chi connectivity index (χ3n) is 5.56. The van der Waals surface area contributed by atoms with Gasteiger partial charge < -0.3 is 9.47 Å². The van der Waals surface area contributed by atoms with E-state index < -0.39 is 0 Å². The van der Waals surface area contributed by atoms with E-state index in [1.54, 1.807) is 6.08 Å². The molecule has 7 heteroatoms. The van der Waals surface area contributed by atoms with Gasteiger partial charge in [-0.15, -0.1) is 16.8 Å². The normalized spacial score (nSPS) is 15.7. The van der Waals surface area contributed by atoms with Crippen molar-refractivity contribution in [3.8, 4) is 0 Å². The molecule has 1 atom stereocenters. The van der Waals surface area contributed by atoms with Crippen LogP contribution in [-0.2, 0) is 6.54 Å². The first-order valence-electron chi connectivity index (χ1n) is 10.7. The van der Waals surface area contributed by atoms with Crippen molar-refractivity contribution in [2.75, 3.05) is 12.3 Å². The van der Waals surface area contributed by atoms with Crippen LogP contribution >= 0.6 is 11.8 Å². The lowest BCUT2D eigenvalue weighted by Gasteiger charge is -2.25. The molecule has 3 aromatic rings. The number of aromatic nitrogens is 3. The van der Waals surface area contributed by atoms with Crippen LogP contribution in [0.25, 0.3) is 0 Å². The SMILES string of the molecule is C=CCn1c(SCC(=O)c2ccccc2)nnc1C1CCCN1C(=O)c1cccc(C)c1. The molecule has 2 aromatic carbocycles. The lowest BCUT2D eigenvalue weighted by atomic mass is 10.1. The number of allylic oxidation sites excluding steroid dienone is 1. The number of likely N-dealkylation sites (tertiary alicyclic amines) is 1. The first-order valence-corrected chi connectivity index (χ1v) is 11.7. The number of hydrogen-bond donors (Lipinski definition) is 0. The summed E-state index contributed by atoms with van der Waals surface area (Å²) in [6.07, 6.45) is 3.54. The molecule has 1 aliphatic rings. The fraction of sp³-hybridized carbons (Fsp3) is 0.280. The Bertz CT molecular complexity index is 1130. The van der Waals surface area contributed by atoms with Crippen molar-refractivity contribution in [1.29, 1.82) is 0 Å². The predicted molar refractivity (Wildman–Crippen MR) is 126 cm³/mol. The molecule has 6 nitrogen and oxygen atoms in total. The van der Waals surface area contributed by atoms with Gasteiger partial charge in [-0.2, -0.15) is 0 Å². The van der Waals surface area contributed by atoms with Gasteiger partial charge in [0.2, 0.25) is 0 Å². The van der Waals surface area contributed by atoms with Gasteiger partial charge in [0, 0.05) is 24.2 Å². The van der Waals surface area contributed by atoms with Crippen LogP contribution in [0.3, 0.4) is 0 Å². The Hall–Kier alpha value is -3.19. The Balaban J connectivity index is 1.55. The second-order valence-electron chi connectivity index (χ2n) is 7.84. The summed E-state index contributed by atoms with van der Waals surface area (Å²) in [4.78, 5) is 27.6. The Labute approximate surface area is 192 Å². The van der Waals surface area contributed by atoms with Gasteiger partial charge >= 0.3 is 0 Å². The summed E-state index contributed by atoms with van der Waals surface area (Å²) in [7, 11) is 0. The van der Waals surface area contributed by atoms with Crippen molar-refractivity contribution in [3.63, 3.8) is 0 Å². The number of aryl methyl sites for hydroxylation is 1. The molecule has 0 spiro atoms. The number of carbonyl (C=O) groups is 2. The lowest BCUT2D eigenvalue weighted by molar-refractivity contribution is 0.0727. The van der Waals surface area contributed by atoms with E-state index in [1.807, 2.05) is 71.0 Å². The minimum atomic E-state index is -0.144. The van der Waals surface area contributed by atoms with Crippen LogP contribution in [-0.4, -0.2) is 43.7 Å². The molecule has 1 unspecified atom stereocenters. The molecule has 0 saturated carbocycles. The van der Waals surface area contributed by atoms with Gasteiger partial charge in [-0.3, -0.25) is 9.59 Å². The van der Waals surface area contributed by atoms with Crippen molar-refractivity contribution in [1.82, 2.24) is 19.7 Å². The fourth-order valence-corrected chi connectivity index (χ4v) is 4.86. The van der Waals surface area contributed by atoms with Gasteiger partial charge in [-0.25, -0.2) is 0 Å². The molecule has 4 rings (SSSR count). The van der Waals surface area contributed by atoms with E-state index in [4.69, 9.17) is 0 Å². The van der Waals surface area contributed by atoms with Crippen molar-refractivity contribution < 1.29 is 9.59 Å². The third-order valence-corrected chi connectivity index (χ3v) is 6.53. The number of thioether (sulfide) groups is 1. The molecule has 1 saturated heterocycles. The van der Waals surface area contributed by atoms with Gasteiger partial charge in [0.25, 0.3) is 5.91 Å². The first-order chi connectivity index (χ1) is 15.6. The molecule has 1 fully saturated rings. The Morgan fingerprint density at radius 3 is 2.66 bits per heavy atom. The summed E-state index contributed by atoms with van der Waals surface area (Å²) in [5, 5.41) is 9.48. The highest BCUT2D eigenvalue weighted by atomic mass is 32.2. The second-order valence-corrected chi connectivity index (χ2v) is 8.79. The Kier molecular flexibility index (Phi) is 6.85. The van der Waals surface area contributed by atoms with E-state index >= 15 is 0 Å². The number of Topliss-reactive ketones (excluding diaryl/α,β-unsaturated/α-hetero) is 1. The third kappa shape index (κ3) is 4.67. The van der Waals surface area contributed by atoms with Crippen LogP contribution in [0, 0.1) is 6.92 Å². The second kappa shape index (κ2) is 9.96. The van der Waals surface area contributed by atoms with Crippen LogP contribution in [0.5, 0.6) is 0 Å². The van der Waals surface area contributed by atoms with Gasteiger partial charge in [0.05, 0.1) is 11.8 Å². The zero-order valence-electron chi connectivity index (χ0n) is 18.1. The van der Waals surface area contributed by atoms with Gasteiger partial charge in [0.1, 0.15) is 0 Å². The zero-order chi connectivity index (χ0) is 22.5. The van der Waals surface area contributed by atoms with Crippen molar-refractivity contribution in [2.24, 2.45) is 0 Å². The smallest absolute Gasteiger partial charge is 0.254 e. The maximum atomic E-state index is 13.2. The van der Waals surface area contributed by atoms with Gasteiger partial charge in [0.15, 0.2) is 16.8 Å². The maximum Gasteiger partial charge on any atom is 0.254 e. The van der Waals surface area contributed by atoms with E-state index in [0.717, 1.165) is 24.2 Å². The average Bonchev–Trinajstić information content (AvgIpc) is 3.45. The predicted octanol–water partition coefficient (Wildman–Crippen LogP) is 4.72. The summed E-state index contributed by atoms with van der Waals surface area (Å²) >= 11 is 1.37. The summed E-state index contributed by atoms with van der Waals surface area (Å²) in [5.41, 5.74) is 2.43. The fourth-order valence-electron chi connectivity index (χ4n) is 4.01. The minimum absolute atomic E-state index is 0.0119. The van der Waals surface area contributed by atoms with Crippen molar-refractivity contribution in [3.05, 3.63) is 89.8 Å². The van der Waals surface area contributed by atoms with Crippen LogP contribution in [0.2, 0.25) is 0 Å². The number of nitrogens with zero attached hydrogens (tertiary/aromatic N) is 4. The number of amides is 1. The van der Waals surface area contributed by atoms with Crippen molar-refractivity contribution >= 4 is 23.5 Å². The highest BCUT2D eigenvalue weighted by molar-refractivity contribution is 7.99. The van der Waals surface area contributed by atoms with E-state index in [-0.39, 0.29) is 23.5 Å². The van der Waals surface area contributed by atoms with E-state index in [9.17, 15) is 9.59 Å². The largest absolute Gasteiger partial charge is 0.328 e. The molecule has 164 valence electrons. The molecule has 1 amide bonds. The van der Waals surface area contributed by atoms with Gasteiger partial charge in [-0.1, -0.05) is 65.9 Å². The van der Waals surface area contributed by atoms with Crippen LogP contribution < -0.4 is 0 Å². The van der Waals surface area contributed by atoms with Crippen molar-refractivity contribution in [2.45, 2.75) is 37.5 Å². The van der Waals surface area contributed by atoms with E-state index in [1.165, 1.54) is 11.8 Å². The zero-order valence-corrected chi connectivity index (χ0v) is 18.9. The lowest BCUT2D eigenvalue weighted by Crippen LogP contribution is -2.32. The summed E-state index contributed by atoms with van der Waals surface area (Å²) in [6, 6.07) is 16.8. The van der Waals surface area contributed by atoms with Crippen LogP contribution in [0.1, 0.15) is 51.0 Å². The molecule has 0 N–H and O–H groups in total. The average molecular weight is 447 g/mol. The summed E-state index contributed by atoms with van der Waals surface area (Å²) in [6.45, 7) is 7.06. The van der Waals surface area contributed by atoms with E-state index in [0.29, 0.717) is 29.4 Å². The Morgan fingerprint density at radius 2 is 1.91 bits per heavy atom. The number of carbonyl (C=O) groups excluding carboxylic acids is 2. The first kappa shape index (κ1) is 22.0. The molecule has 0 radical (unpaired) electrons. The molecule has 0 bridgehead atoms. The number of hydrogen-bond acceptors (Lipinski definition) is 5. The molecular weight excluding hydrogens is 420 g/mol. The van der Waals surface area contributed by atoms with Crippen LogP contribution in [0.15, 0.2) is 72.4 Å². The quantitative estimate of drug-likeness (QED) is 0.284. The molecule has 2 heterocycles. The number of benzene rings is 2.